The van der Waals surface area contributed by atoms with Crippen molar-refractivity contribution in [2.75, 3.05) is 19.8 Å². The number of hydrogen-bond acceptors (Lipinski definition) is 2. The Hall–Kier alpha value is -0.0800. The van der Waals surface area contributed by atoms with E-state index in [1.807, 2.05) is 0 Å². The molecule has 0 aromatic carbocycles. The van der Waals surface area contributed by atoms with Crippen LogP contribution >= 0.6 is 0 Å². The summed E-state index contributed by atoms with van der Waals surface area (Å²) in [5, 5.41) is 3.85. The van der Waals surface area contributed by atoms with E-state index in [0.717, 1.165) is 19.1 Å². The van der Waals surface area contributed by atoms with Crippen LogP contribution in [0.1, 0.15) is 59.8 Å². The first-order chi connectivity index (χ1) is 8.36. The fourth-order valence-corrected chi connectivity index (χ4v) is 4.27. The van der Waals surface area contributed by atoms with Crippen molar-refractivity contribution in [3.05, 3.63) is 0 Å². The van der Waals surface area contributed by atoms with Crippen molar-refractivity contribution >= 4 is 0 Å². The van der Waals surface area contributed by atoms with Gasteiger partial charge in [-0.05, 0) is 55.4 Å². The van der Waals surface area contributed by atoms with E-state index in [9.17, 15) is 0 Å². The maximum Gasteiger partial charge on any atom is 0.0469 e. The van der Waals surface area contributed by atoms with Crippen LogP contribution < -0.4 is 5.32 Å². The topological polar surface area (TPSA) is 21.3 Å². The minimum Gasteiger partial charge on any atom is -0.381 e. The fraction of sp³-hybridized carbons (Fsp3) is 1.00. The van der Waals surface area contributed by atoms with E-state index in [1.54, 1.807) is 0 Å². The van der Waals surface area contributed by atoms with Gasteiger partial charge in [-0.15, -0.1) is 0 Å². The highest BCUT2D eigenvalue weighted by Gasteiger charge is 2.38. The van der Waals surface area contributed by atoms with Crippen molar-refractivity contribution in [3.63, 3.8) is 0 Å². The first-order valence-corrected chi connectivity index (χ1v) is 7.68. The zero-order valence-corrected chi connectivity index (χ0v) is 12.7. The molecule has 1 saturated heterocycles. The summed E-state index contributed by atoms with van der Waals surface area (Å²) in [7, 11) is 0. The number of ether oxygens (including phenoxy) is 1. The lowest BCUT2D eigenvalue weighted by Crippen LogP contribution is -2.45. The molecule has 1 heterocycles. The second-order valence-corrected chi connectivity index (χ2v) is 8.07. The van der Waals surface area contributed by atoms with Crippen molar-refractivity contribution in [2.45, 2.75) is 65.8 Å². The monoisotopic (exact) mass is 253 g/mol. The molecule has 0 radical (unpaired) electrons. The Morgan fingerprint density at radius 1 is 1.00 bits per heavy atom. The Kier molecular flexibility index (Phi) is 4.38. The SMILES string of the molecule is CC1(C)CC(NCC2CCOCC2)CC(C)(C)C1. The molecule has 0 spiro atoms. The molecule has 2 aliphatic rings. The minimum absolute atomic E-state index is 0.495. The van der Waals surface area contributed by atoms with Crippen molar-refractivity contribution in [2.24, 2.45) is 16.7 Å². The molecule has 1 saturated carbocycles. The fourth-order valence-electron chi connectivity index (χ4n) is 4.27. The van der Waals surface area contributed by atoms with E-state index in [-0.39, 0.29) is 0 Å². The Morgan fingerprint density at radius 2 is 1.56 bits per heavy atom. The van der Waals surface area contributed by atoms with Crippen LogP contribution in [0.3, 0.4) is 0 Å². The largest absolute Gasteiger partial charge is 0.381 e. The van der Waals surface area contributed by atoms with Crippen LogP contribution in [-0.4, -0.2) is 25.8 Å². The van der Waals surface area contributed by atoms with Gasteiger partial charge in [0.15, 0.2) is 0 Å². The normalized spacial score (nSPS) is 29.3. The minimum atomic E-state index is 0.495. The van der Waals surface area contributed by atoms with Gasteiger partial charge in [-0.2, -0.15) is 0 Å². The molecule has 1 N–H and O–H groups in total. The average molecular weight is 253 g/mol. The standard InChI is InChI=1S/C16H31NO/c1-15(2)9-14(10-16(3,4)12-15)17-11-13-5-7-18-8-6-13/h13-14,17H,5-12H2,1-4H3. The van der Waals surface area contributed by atoms with Gasteiger partial charge in [0.25, 0.3) is 0 Å². The molecule has 2 fully saturated rings. The van der Waals surface area contributed by atoms with Crippen LogP contribution in [0.4, 0.5) is 0 Å². The lowest BCUT2D eigenvalue weighted by molar-refractivity contribution is 0.0559. The molecule has 106 valence electrons. The molecule has 0 unspecified atom stereocenters. The summed E-state index contributed by atoms with van der Waals surface area (Å²) < 4.78 is 5.43. The molecular formula is C16H31NO. The molecule has 0 aromatic rings. The second-order valence-electron chi connectivity index (χ2n) is 8.07. The number of rotatable bonds is 3. The maximum atomic E-state index is 5.43. The Balaban J connectivity index is 1.81. The van der Waals surface area contributed by atoms with Crippen molar-refractivity contribution in [3.8, 4) is 0 Å². The van der Waals surface area contributed by atoms with E-state index in [2.05, 4.69) is 33.0 Å². The van der Waals surface area contributed by atoms with Crippen LogP contribution in [0, 0.1) is 16.7 Å². The molecule has 18 heavy (non-hydrogen) atoms. The summed E-state index contributed by atoms with van der Waals surface area (Å²) in [5.74, 6) is 0.840. The Bertz CT molecular complexity index is 250. The first-order valence-electron chi connectivity index (χ1n) is 7.68. The van der Waals surface area contributed by atoms with E-state index in [4.69, 9.17) is 4.74 Å². The first kappa shape index (κ1) is 14.3. The lowest BCUT2D eigenvalue weighted by atomic mass is 9.63. The highest BCUT2D eigenvalue weighted by atomic mass is 16.5. The number of hydrogen-bond donors (Lipinski definition) is 1. The molecule has 0 atom stereocenters. The molecule has 2 rings (SSSR count). The van der Waals surface area contributed by atoms with Gasteiger partial charge in [-0.1, -0.05) is 27.7 Å². The third kappa shape index (κ3) is 4.24. The van der Waals surface area contributed by atoms with Gasteiger partial charge in [0.05, 0.1) is 0 Å². The van der Waals surface area contributed by atoms with Gasteiger partial charge >= 0.3 is 0 Å². The quantitative estimate of drug-likeness (QED) is 0.829. The molecule has 0 aromatic heterocycles. The van der Waals surface area contributed by atoms with Gasteiger partial charge in [-0.25, -0.2) is 0 Å². The van der Waals surface area contributed by atoms with E-state index >= 15 is 0 Å². The predicted molar refractivity (Wildman–Crippen MR) is 76.7 cm³/mol. The summed E-state index contributed by atoms with van der Waals surface area (Å²) in [6.45, 7) is 12.8. The van der Waals surface area contributed by atoms with Crippen LogP contribution in [0.2, 0.25) is 0 Å². The lowest BCUT2D eigenvalue weighted by Gasteiger charge is -2.45. The predicted octanol–water partition coefficient (Wildman–Crippen LogP) is 3.61. The number of nitrogens with one attached hydrogen (secondary N) is 1. The van der Waals surface area contributed by atoms with Gasteiger partial charge in [0, 0.05) is 19.3 Å². The average Bonchev–Trinajstić information content (AvgIpc) is 2.24. The zero-order chi connectivity index (χ0) is 13.2. The third-order valence-corrected chi connectivity index (χ3v) is 4.59. The Labute approximate surface area is 113 Å². The van der Waals surface area contributed by atoms with Gasteiger partial charge in [0.2, 0.25) is 0 Å². The molecule has 2 nitrogen and oxygen atoms in total. The molecular weight excluding hydrogens is 222 g/mol. The van der Waals surface area contributed by atoms with E-state index < -0.39 is 0 Å². The molecule has 1 aliphatic heterocycles. The van der Waals surface area contributed by atoms with Crippen molar-refractivity contribution < 1.29 is 4.74 Å². The summed E-state index contributed by atoms with van der Waals surface area (Å²) in [5.41, 5.74) is 0.990. The maximum absolute atomic E-state index is 5.43. The smallest absolute Gasteiger partial charge is 0.0469 e. The van der Waals surface area contributed by atoms with Gasteiger partial charge in [0.1, 0.15) is 0 Å². The summed E-state index contributed by atoms with van der Waals surface area (Å²) in [6.07, 6.45) is 6.51. The molecule has 0 bridgehead atoms. The summed E-state index contributed by atoms with van der Waals surface area (Å²) in [4.78, 5) is 0. The molecule has 1 aliphatic carbocycles. The van der Waals surface area contributed by atoms with Crippen LogP contribution in [0.25, 0.3) is 0 Å². The van der Waals surface area contributed by atoms with Crippen LogP contribution in [-0.2, 0) is 4.74 Å². The third-order valence-electron chi connectivity index (χ3n) is 4.59. The zero-order valence-electron chi connectivity index (χ0n) is 12.7. The van der Waals surface area contributed by atoms with Crippen molar-refractivity contribution in [1.29, 1.82) is 0 Å². The van der Waals surface area contributed by atoms with E-state index in [1.165, 1.54) is 38.6 Å². The Morgan fingerprint density at radius 3 is 2.11 bits per heavy atom. The highest BCUT2D eigenvalue weighted by Crippen LogP contribution is 2.45. The van der Waals surface area contributed by atoms with Crippen LogP contribution in [0.5, 0.6) is 0 Å². The van der Waals surface area contributed by atoms with Gasteiger partial charge in [-0.3, -0.25) is 0 Å². The molecule has 0 amide bonds. The van der Waals surface area contributed by atoms with Gasteiger partial charge < -0.3 is 10.1 Å². The van der Waals surface area contributed by atoms with Crippen LogP contribution in [0.15, 0.2) is 0 Å². The highest BCUT2D eigenvalue weighted by molar-refractivity contribution is 4.92. The van der Waals surface area contributed by atoms with E-state index in [0.29, 0.717) is 16.9 Å². The molecule has 2 heteroatoms. The second kappa shape index (κ2) is 5.50. The summed E-state index contributed by atoms with van der Waals surface area (Å²) in [6, 6.07) is 0.714. The summed E-state index contributed by atoms with van der Waals surface area (Å²) >= 11 is 0. The van der Waals surface area contributed by atoms with Crippen molar-refractivity contribution in [1.82, 2.24) is 5.32 Å².